The Hall–Kier alpha value is -2.01. The van der Waals surface area contributed by atoms with Crippen LogP contribution < -0.4 is 5.73 Å². The minimum atomic E-state index is -1.32. The van der Waals surface area contributed by atoms with Crippen LogP contribution in [0.25, 0.3) is 0 Å². The first-order valence-corrected chi connectivity index (χ1v) is 6.97. The van der Waals surface area contributed by atoms with Gasteiger partial charge in [-0.05, 0) is 30.2 Å². The van der Waals surface area contributed by atoms with Crippen molar-refractivity contribution in [2.24, 2.45) is 0 Å². The molecule has 0 heterocycles. The van der Waals surface area contributed by atoms with Crippen molar-refractivity contribution in [2.45, 2.75) is 17.6 Å². The molecule has 20 heavy (non-hydrogen) atoms. The molecule has 104 valence electrons. The Morgan fingerprint density at radius 2 is 2.05 bits per heavy atom. The summed E-state index contributed by atoms with van der Waals surface area (Å²) in [6.45, 7) is 2.01. The first kappa shape index (κ1) is 14.4. The van der Waals surface area contributed by atoms with Gasteiger partial charge in [-0.25, -0.2) is 9.18 Å². The van der Waals surface area contributed by atoms with Crippen molar-refractivity contribution in [3.8, 4) is 0 Å². The van der Waals surface area contributed by atoms with Gasteiger partial charge in [-0.15, -0.1) is 11.8 Å². The highest BCUT2D eigenvalue weighted by atomic mass is 32.2. The molecule has 0 aliphatic carbocycles. The summed E-state index contributed by atoms with van der Waals surface area (Å²) in [7, 11) is 0. The number of aromatic carboxylic acids is 1. The van der Waals surface area contributed by atoms with Gasteiger partial charge in [0.15, 0.2) is 0 Å². The third-order valence-corrected chi connectivity index (χ3v) is 4.09. The maximum atomic E-state index is 13.6. The maximum absolute atomic E-state index is 13.6. The van der Waals surface area contributed by atoms with Crippen molar-refractivity contribution in [2.75, 3.05) is 5.73 Å². The minimum absolute atomic E-state index is 0.280. The van der Waals surface area contributed by atoms with E-state index in [4.69, 9.17) is 10.8 Å². The van der Waals surface area contributed by atoms with E-state index in [1.807, 2.05) is 31.2 Å². The zero-order chi connectivity index (χ0) is 14.7. The van der Waals surface area contributed by atoms with Gasteiger partial charge in [0.1, 0.15) is 5.82 Å². The Morgan fingerprint density at radius 1 is 1.35 bits per heavy atom. The number of thioether (sulfide) groups is 1. The van der Waals surface area contributed by atoms with Crippen LogP contribution in [0.4, 0.5) is 10.1 Å². The average molecular weight is 291 g/mol. The molecule has 3 N–H and O–H groups in total. The van der Waals surface area contributed by atoms with Crippen LogP contribution in [-0.4, -0.2) is 11.1 Å². The summed E-state index contributed by atoms with van der Waals surface area (Å²) < 4.78 is 13.6. The van der Waals surface area contributed by atoms with Crippen LogP contribution in [-0.2, 0) is 5.75 Å². The number of carboxylic acid groups (broad SMARTS) is 1. The number of rotatable bonds is 4. The van der Waals surface area contributed by atoms with Crippen molar-refractivity contribution < 1.29 is 14.3 Å². The molecule has 2 aromatic carbocycles. The molecule has 2 aromatic rings. The Balaban J connectivity index is 2.21. The molecule has 0 aliphatic heterocycles. The molecule has 0 saturated carbocycles. The highest BCUT2D eigenvalue weighted by Crippen LogP contribution is 2.31. The molecule has 0 fully saturated rings. The van der Waals surface area contributed by atoms with Gasteiger partial charge in [-0.2, -0.15) is 0 Å². The Bertz CT molecular complexity index is 658. The van der Waals surface area contributed by atoms with E-state index in [-0.39, 0.29) is 5.69 Å². The van der Waals surface area contributed by atoms with E-state index in [9.17, 15) is 9.18 Å². The molecule has 3 nitrogen and oxygen atoms in total. The van der Waals surface area contributed by atoms with Crippen molar-refractivity contribution in [1.29, 1.82) is 0 Å². The number of nitrogen functional groups attached to an aromatic ring is 1. The Morgan fingerprint density at radius 3 is 2.70 bits per heavy atom. The Labute approximate surface area is 120 Å². The topological polar surface area (TPSA) is 63.3 Å². The second kappa shape index (κ2) is 5.96. The quantitative estimate of drug-likeness (QED) is 0.666. The summed E-state index contributed by atoms with van der Waals surface area (Å²) in [5.74, 6) is -1.42. The summed E-state index contributed by atoms with van der Waals surface area (Å²) in [5, 5.41) is 8.82. The first-order chi connectivity index (χ1) is 9.49. The van der Waals surface area contributed by atoms with Gasteiger partial charge in [0.2, 0.25) is 0 Å². The third-order valence-electron chi connectivity index (χ3n) is 2.97. The van der Waals surface area contributed by atoms with E-state index in [0.29, 0.717) is 10.6 Å². The number of hydrogen-bond donors (Lipinski definition) is 2. The predicted octanol–water partition coefficient (Wildman–Crippen LogP) is 3.71. The number of carboxylic acids is 1. The summed E-state index contributed by atoms with van der Waals surface area (Å²) >= 11 is 1.39. The van der Waals surface area contributed by atoms with Crippen LogP contribution in [0.5, 0.6) is 0 Å². The van der Waals surface area contributed by atoms with E-state index in [1.54, 1.807) is 0 Å². The number of carbonyl (C=O) groups is 1. The molecule has 0 aliphatic rings. The van der Waals surface area contributed by atoms with Crippen molar-refractivity contribution >= 4 is 23.4 Å². The summed E-state index contributed by atoms with van der Waals surface area (Å²) in [4.78, 5) is 11.4. The van der Waals surface area contributed by atoms with E-state index in [1.165, 1.54) is 17.8 Å². The number of anilines is 1. The van der Waals surface area contributed by atoms with E-state index >= 15 is 0 Å². The van der Waals surface area contributed by atoms with Gasteiger partial charge in [-0.3, -0.25) is 0 Å². The lowest BCUT2D eigenvalue weighted by atomic mass is 10.1. The molecule has 0 amide bonds. The number of aryl methyl sites for hydroxylation is 1. The molecular weight excluding hydrogens is 277 g/mol. The van der Waals surface area contributed by atoms with Crippen LogP contribution in [0.15, 0.2) is 41.3 Å². The second-order valence-electron chi connectivity index (χ2n) is 4.39. The van der Waals surface area contributed by atoms with Crippen LogP contribution >= 0.6 is 11.8 Å². The highest BCUT2D eigenvalue weighted by Gasteiger charge is 2.14. The summed E-state index contributed by atoms with van der Waals surface area (Å²) in [6.07, 6.45) is 0. The summed E-state index contributed by atoms with van der Waals surface area (Å²) in [5.41, 5.74) is 7.95. The van der Waals surface area contributed by atoms with Gasteiger partial charge in [0, 0.05) is 16.3 Å². The molecule has 2 rings (SSSR count). The lowest BCUT2D eigenvalue weighted by Gasteiger charge is -2.09. The summed E-state index contributed by atoms with van der Waals surface area (Å²) in [6, 6.07) is 10.3. The number of nitrogens with two attached hydrogens (primary N) is 1. The normalized spacial score (nSPS) is 10.5. The fourth-order valence-electron chi connectivity index (χ4n) is 1.79. The van der Waals surface area contributed by atoms with Crippen LogP contribution in [0.1, 0.15) is 21.5 Å². The molecule has 0 atom stereocenters. The van der Waals surface area contributed by atoms with E-state index in [0.717, 1.165) is 17.2 Å². The van der Waals surface area contributed by atoms with Crippen LogP contribution in [0, 0.1) is 12.7 Å². The fourth-order valence-corrected chi connectivity index (χ4v) is 2.84. The number of halogens is 1. The van der Waals surface area contributed by atoms with Gasteiger partial charge in [0.25, 0.3) is 0 Å². The highest BCUT2D eigenvalue weighted by molar-refractivity contribution is 7.98. The maximum Gasteiger partial charge on any atom is 0.338 e. The zero-order valence-electron chi connectivity index (χ0n) is 10.9. The molecular formula is C15H14FNO2S. The van der Waals surface area contributed by atoms with Crippen molar-refractivity contribution in [3.05, 3.63) is 58.9 Å². The van der Waals surface area contributed by atoms with Gasteiger partial charge in [0.05, 0.1) is 5.56 Å². The van der Waals surface area contributed by atoms with Gasteiger partial charge < -0.3 is 10.8 Å². The molecule has 0 unspecified atom stereocenters. The first-order valence-electron chi connectivity index (χ1n) is 5.98. The monoisotopic (exact) mass is 291 g/mol. The van der Waals surface area contributed by atoms with Crippen molar-refractivity contribution in [1.82, 2.24) is 0 Å². The largest absolute Gasteiger partial charge is 0.478 e. The minimum Gasteiger partial charge on any atom is -0.478 e. The predicted molar refractivity (Wildman–Crippen MR) is 78.5 cm³/mol. The van der Waals surface area contributed by atoms with Gasteiger partial charge >= 0.3 is 5.97 Å². The average Bonchev–Trinajstić information content (AvgIpc) is 2.40. The molecule has 0 radical (unpaired) electrons. The number of benzene rings is 2. The lowest BCUT2D eigenvalue weighted by Crippen LogP contribution is -2.03. The Kier molecular flexibility index (Phi) is 4.29. The zero-order valence-corrected chi connectivity index (χ0v) is 11.7. The SMILES string of the molecule is Cc1ccccc1CSc1cc(F)c(C(=O)O)cc1N. The second-order valence-corrected chi connectivity index (χ2v) is 5.41. The number of hydrogen-bond acceptors (Lipinski definition) is 3. The van der Waals surface area contributed by atoms with Crippen LogP contribution in [0.3, 0.4) is 0 Å². The van der Waals surface area contributed by atoms with E-state index in [2.05, 4.69) is 0 Å². The van der Waals surface area contributed by atoms with E-state index < -0.39 is 17.3 Å². The van der Waals surface area contributed by atoms with Crippen molar-refractivity contribution in [3.63, 3.8) is 0 Å². The molecule has 5 heteroatoms. The molecule has 0 spiro atoms. The standard InChI is InChI=1S/C15H14FNO2S/c1-9-4-2-3-5-10(9)8-20-14-7-12(16)11(15(18)19)6-13(14)17/h2-7H,8,17H2,1H3,(H,18,19). The van der Waals surface area contributed by atoms with Gasteiger partial charge in [-0.1, -0.05) is 24.3 Å². The molecule has 0 bridgehead atoms. The molecule has 0 aromatic heterocycles. The third kappa shape index (κ3) is 3.11. The molecule has 0 saturated heterocycles. The lowest BCUT2D eigenvalue weighted by molar-refractivity contribution is 0.0692. The fraction of sp³-hybridized carbons (Fsp3) is 0.133. The van der Waals surface area contributed by atoms with Crippen LogP contribution in [0.2, 0.25) is 0 Å². The smallest absolute Gasteiger partial charge is 0.338 e.